The van der Waals surface area contributed by atoms with Gasteiger partial charge in [0.1, 0.15) is 0 Å². The van der Waals surface area contributed by atoms with Crippen LogP contribution in [0.25, 0.3) is 0 Å². The second-order valence-electron chi connectivity index (χ2n) is 4.54. The third-order valence-corrected chi connectivity index (χ3v) is 3.59. The highest BCUT2D eigenvalue weighted by Gasteiger charge is 2.11. The lowest BCUT2D eigenvalue weighted by atomic mass is 10.4. The molecule has 0 atom stereocenters. The molecule has 0 spiro atoms. The number of hydrogen-bond acceptors (Lipinski definition) is 7. The predicted octanol–water partition coefficient (Wildman–Crippen LogP) is 2.79. The Morgan fingerprint density at radius 2 is 2.14 bits per heavy atom. The van der Waals surface area contributed by atoms with Gasteiger partial charge in [-0.2, -0.15) is 15.0 Å². The molecular formula is C14H21N5OS. The van der Waals surface area contributed by atoms with Crippen molar-refractivity contribution < 1.29 is 4.74 Å². The Morgan fingerprint density at radius 1 is 1.29 bits per heavy atom. The Balaban J connectivity index is 2.17. The standard InChI is InChI=1S/C14H21N5OS/c1-4-8-15-12-16-13(18-14(17-12)20-5-2)19(3)10-11-7-6-9-21-11/h6-7,9H,4-5,8,10H2,1-3H3,(H,15,16,17,18). The Labute approximate surface area is 129 Å². The topological polar surface area (TPSA) is 63.2 Å². The molecule has 2 heterocycles. The van der Waals surface area contributed by atoms with Gasteiger partial charge in [0.25, 0.3) is 0 Å². The zero-order valence-corrected chi connectivity index (χ0v) is 13.5. The fraction of sp³-hybridized carbons (Fsp3) is 0.500. The molecule has 0 saturated heterocycles. The van der Waals surface area contributed by atoms with Gasteiger partial charge < -0.3 is 15.0 Å². The minimum atomic E-state index is 0.360. The summed E-state index contributed by atoms with van der Waals surface area (Å²) in [6, 6.07) is 4.50. The van der Waals surface area contributed by atoms with Crippen LogP contribution in [-0.4, -0.2) is 35.2 Å². The van der Waals surface area contributed by atoms with E-state index in [9.17, 15) is 0 Å². The van der Waals surface area contributed by atoms with Gasteiger partial charge in [-0.15, -0.1) is 11.3 Å². The number of nitrogens with zero attached hydrogens (tertiary/aromatic N) is 4. The van der Waals surface area contributed by atoms with Gasteiger partial charge in [0, 0.05) is 18.5 Å². The van der Waals surface area contributed by atoms with Gasteiger partial charge in [-0.05, 0) is 24.8 Å². The summed E-state index contributed by atoms with van der Waals surface area (Å²) in [7, 11) is 1.97. The van der Waals surface area contributed by atoms with Crippen molar-refractivity contribution in [2.24, 2.45) is 0 Å². The first-order valence-electron chi connectivity index (χ1n) is 7.09. The van der Waals surface area contributed by atoms with Crippen LogP contribution in [0.2, 0.25) is 0 Å². The Morgan fingerprint density at radius 3 is 2.81 bits per heavy atom. The van der Waals surface area contributed by atoms with Gasteiger partial charge in [-0.1, -0.05) is 13.0 Å². The van der Waals surface area contributed by atoms with Crippen molar-refractivity contribution in [3.05, 3.63) is 22.4 Å². The predicted molar refractivity (Wildman–Crippen MR) is 86.2 cm³/mol. The zero-order chi connectivity index (χ0) is 15.1. The maximum absolute atomic E-state index is 5.43. The second kappa shape index (κ2) is 7.78. The molecule has 0 aliphatic rings. The van der Waals surface area contributed by atoms with E-state index < -0.39 is 0 Å². The van der Waals surface area contributed by atoms with E-state index in [4.69, 9.17) is 4.74 Å². The minimum Gasteiger partial charge on any atom is -0.464 e. The van der Waals surface area contributed by atoms with E-state index in [0.29, 0.717) is 24.5 Å². The lowest BCUT2D eigenvalue weighted by molar-refractivity contribution is 0.312. The quantitative estimate of drug-likeness (QED) is 0.809. The third kappa shape index (κ3) is 4.56. The first-order chi connectivity index (χ1) is 10.2. The first-order valence-corrected chi connectivity index (χ1v) is 7.97. The highest BCUT2D eigenvalue weighted by molar-refractivity contribution is 7.09. The van der Waals surface area contributed by atoms with E-state index >= 15 is 0 Å². The summed E-state index contributed by atoms with van der Waals surface area (Å²) in [6.07, 6.45) is 1.01. The average Bonchev–Trinajstić information content (AvgIpc) is 2.98. The van der Waals surface area contributed by atoms with Crippen molar-refractivity contribution in [2.75, 3.05) is 30.4 Å². The molecule has 6 nitrogen and oxygen atoms in total. The molecule has 0 radical (unpaired) electrons. The summed E-state index contributed by atoms with van der Waals surface area (Å²) in [5.41, 5.74) is 0. The van der Waals surface area contributed by atoms with Crippen molar-refractivity contribution >= 4 is 23.2 Å². The van der Waals surface area contributed by atoms with Crippen molar-refractivity contribution in [1.82, 2.24) is 15.0 Å². The lowest BCUT2D eigenvalue weighted by Crippen LogP contribution is -2.20. The van der Waals surface area contributed by atoms with Crippen LogP contribution in [0.3, 0.4) is 0 Å². The summed E-state index contributed by atoms with van der Waals surface area (Å²) < 4.78 is 5.43. The fourth-order valence-corrected chi connectivity index (χ4v) is 2.49. The van der Waals surface area contributed by atoms with E-state index in [1.165, 1.54) is 4.88 Å². The smallest absolute Gasteiger partial charge is 0.323 e. The molecule has 7 heteroatoms. The number of aromatic nitrogens is 3. The maximum atomic E-state index is 5.43. The number of hydrogen-bond donors (Lipinski definition) is 1. The SMILES string of the molecule is CCCNc1nc(OCC)nc(N(C)Cc2cccs2)n1. The fourth-order valence-electron chi connectivity index (χ4n) is 1.73. The van der Waals surface area contributed by atoms with Crippen molar-refractivity contribution in [3.8, 4) is 6.01 Å². The lowest BCUT2D eigenvalue weighted by Gasteiger charge is -2.17. The van der Waals surface area contributed by atoms with Crippen LogP contribution in [0.4, 0.5) is 11.9 Å². The molecule has 0 aliphatic carbocycles. The molecule has 0 aromatic carbocycles. The Kier molecular flexibility index (Phi) is 5.74. The van der Waals surface area contributed by atoms with Crippen molar-refractivity contribution in [3.63, 3.8) is 0 Å². The molecule has 0 saturated carbocycles. The van der Waals surface area contributed by atoms with Crippen LogP contribution in [0.5, 0.6) is 6.01 Å². The molecular weight excluding hydrogens is 286 g/mol. The van der Waals surface area contributed by atoms with Gasteiger partial charge in [0.2, 0.25) is 11.9 Å². The number of rotatable bonds is 8. The van der Waals surface area contributed by atoms with E-state index in [1.54, 1.807) is 11.3 Å². The molecule has 2 aromatic heterocycles. The van der Waals surface area contributed by atoms with E-state index in [-0.39, 0.29) is 0 Å². The molecule has 2 aromatic rings. The van der Waals surface area contributed by atoms with Crippen LogP contribution >= 0.6 is 11.3 Å². The highest BCUT2D eigenvalue weighted by atomic mass is 32.1. The largest absolute Gasteiger partial charge is 0.464 e. The van der Waals surface area contributed by atoms with Crippen molar-refractivity contribution in [1.29, 1.82) is 0 Å². The number of anilines is 2. The molecule has 1 N–H and O–H groups in total. The van der Waals surface area contributed by atoms with Crippen LogP contribution in [0.15, 0.2) is 17.5 Å². The van der Waals surface area contributed by atoms with Gasteiger partial charge in [-0.3, -0.25) is 0 Å². The number of thiophene rings is 1. The first kappa shape index (κ1) is 15.5. The second-order valence-corrected chi connectivity index (χ2v) is 5.57. The number of ether oxygens (including phenoxy) is 1. The maximum Gasteiger partial charge on any atom is 0.323 e. The summed E-state index contributed by atoms with van der Waals surface area (Å²) in [5, 5.41) is 5.25. The van der Waals surface area contributed by atoms with Gasteiger partial charge in [0.05, 0.1) is 13.2 Å². The molecule has 0 fully saturated rings. The molecule has 21 heavy (non-hydrogen) atoms. The molecule has 0 unspecified atom stereocenters. The van der Waals surface area contributed by atoms with Gasteiger partial charge in [-0.25, -0.2) is 0 Å². The van der Waals surface area contributed by atoms with E-state index in [1.807, 2.05) is 24.9 Å². The molecule has 114 valence electrons. The van der Waals surface area contributed by atoms with Gasteiger partial charge in [0.15, 0.2) is 0 Å². The Bertz CT molecular complexity index is 546. The van der Waals surface area contributed by atoms with Crippen LogP contribution in [0.1, 0.15) is 25.1 Å². The zero-order valence-electron chi connectivity index (χ0n) is 12.7. The molecule has 0 amide bonds. The molecule has 0 bridgehead atoms. The van der Waals surface area contributed by atoms with Crippen LogP contribution in [0, 0.1) is 0 Å². The van der Waals surface area contributed by atoms with E-state index in [2.05, 4.69) is 38.6 Å². The number of nitrogens with one attached hydrogen (secondary N) is 1. The van der Waals surface area contributed by atoms with Crippen LogP contribution < -0.4 is 15.0 Å². The monoisotopic (exact) mass is 307 g/mol. The summed E-state index contributed by atoms with van der Waals surface area (Å²) in [6.45, 7) is 6.13. The molecule has 0 aliphatic heterocycles. The average molecular weight is 307 g/mol. The summed E-state index contributed by atoms with van der Waals surface area (Å²) in [4.78, 5) is 16.3. The molecule has 2 rings (SSSR count). The summed E-state index contributed by atoms with van der Waals surface area (Å²) in [5.74, 6) is 1.17. The van der Waals surface area contributed by atoms with Gasteiger partial charge >= 0.3 is 6.01 Å². The Hall–Kier alpha value is -1.89. The normalized spacial score (nSPS) is 10.4. The van der Waals surface area contributed by atoms with E-state index in [0.717, 1.165) is 19.5 Å². The minimum absolute atomic E-state index is 0.360. The van der Waals surface area contributed by atoms with Crippen molar-refractivity contribution in [2.45, 2.75) is 26.8 Å². The highest BCUT2D eigenvalue weighted by Crippen LogP contribution is 2.18. The summed E-state index contributed by atoms with van der Waals surface area (Å²) >= 11 is 1.72. The third-order valence-electron chi connectivity index (χ3n) is 2.72. The van der Waals surface area contributed by atoms with Crippen LogP contribution in [-0.2, 0) is 6.54 Å².